The summed E-state index contributed by atoms with van der Waals surface area (Å²) in [6.45, 7) is 1.00. The van der Waals surface area contributed by atoms with Crippen LogP contribution in [-0.2, 0) is 0 Å². The summed E-state index contributed by atoms with van der Waals surface area (Å²) in [6.07, 6.45) is 6.51. The third-order valence-corrected chi connectivity index (χ3v) is 2.21. The second-order valence-corrected chi connectivity index (χ2v) is 3.28. The maximum absolute atomic E-state index is 2.25. The molecule has 2 rings (SSSR count). The monoisotopic (exact) mass is 299 g/mol. The zero-order valence-electron chi connectivity index (χ0n) is 8.18. The molecular weight excluding hydrogens is 285 g/mol. The molecule has 0 atom stereocenters. The third-order valence-electron chi connectivity index (χ3n) is 2.21. The van der Waals surface area contributed by atoms with E-state index in [0.717, 1.165) is 6.54 Å². The Hall–Kier alpha value is -0.770. The molecular formula is C12H14IN. The van der Waals surface area contributed by atoms with Crippen LogP contribution in [0.25, 0.3) is 5.57 Å². The molecule has 2 heteroatoms. The maximum atomic E-state index is 2.25. The van der Waals surface area contributed by atoms with Crippen LogP contribution in [0.3, 0.4) is 0 Å². The molecule has 74 valence electrons. The largest absolute Gasteiger partial charge is 0.377 e. The van der Waals surface area contributed by atoms with Crippen LogP contribution in [0.1, 0.15) is 5.56 Å². The summed E-state index contributed by atoms with van der Waals surface area (Å²) in [7, 11) is 2.08. The van der Waals surface area contributed by atoms with E-state index >= 15 is 0 Å². The molecule has 0 aromatic heterocycles. The highest BCUT2D eigenvalue weighted by atomic mass is 127. The van der Waals surface area contributed by atoms with Crippen LogP contribution in [0.5, 0.6) is 0 Å². The number of hydrogen-bond acceptors (Lipinski definition) is 1. The molecule has 14 heavy (non-hydrogen) atoms. The highest BCUT2D eigenvalue weighted by Gasteiger charge is 2.01. The molecule has 0 radical (unpaired) electrons. The van der Waals surface area contributed by atoms with Crippen molar-refractivity contribution in [2.75, 3.05) is 13.6 Å². The fourth-order valence-corrected chi connectivity index (χ4v) is 1.42. The van der Waals surface area contributed by atoms with Crippen LogP contribution >= 0.6 is 24.0 Å². The molecule has 1 aliphatic rings. The van der Waals surface area contributed by atoms with Crippen molar-refractivity contribution in [3.05, 3.63) is 54.2 Å². The summed E-state index contributed by atoms with van der Waals surface area (Å²) in [5, 5.41) is 0. The lowest BCUT2D eigenvalue weighted by atomic mass is 10.0. The van der Waals surface area contributed by atoms with Crippen molar-refractivity contribution in [2.45, 2.75) is 0 Å². The van der Waals surface area contributed by atoms with Gasteiger partial charge in [-0.15, -0.1) is 24.0 Å². The molecule has 0 saturated carbocycles. The minimum absolute atomic E-state index is 0. The van der Waals surface area contributed by atoms with Gasteiger partial charge in [0, 0.05) is 13.6 Å². The van der Waals surface area contributed by atoms with Gasteiger partial charge in [0.1, 0.15) is 0 Å². The van der Waals surface area contributed by atoms with Gasteiger partial charge in [0.05, 0.1) is 0 Å². The van der Waals surface area contributed by atoms with Crippen LogP contribution in [0.15, 0.2) is 48.7 Å². The molecule has 0 bridgehead atoms. The first-order valence-corrected chi connectivity index (χ1v) is 4.50. The van der Waals surface area contributed by atoms with Crippen LogP contribution in [0, 0.1) is 0 Å². The quantitative estimate of drug-likeness (QED) is 0.720. The summed E-state index contributed by atoms with van der Waals surface area (Å²) >= 11 is 0. The van der Waals surface area contributed by atoms with Crippen molar-refractivity contribution >= 4 is 29.5 Å². The molecule has 1 aromatic rings. The van der Waals surface area contributed by atoms with Gasteiger partial charge in [-0.05, 0) is 23.4 Å². The number of hydrogen-bond donors (Lipinski definition) is 0. The fraction of sp³-hybridized carbons (Fsp3) is 0.167. The van der Waals surface area contributed by atoms with Gasteiger partial charge < -0.3 is 4.90 Å². The van der Waals surface area contributed by atoms with E-state index < -0.39 is 0 Å². The summed E-state index contributed by atoms with van der Waals surface area (Å²) < 4.78 is 0. The Labute approximate surface area is 102 Å². The van der Waals surface area contributed by atoms with Gasteiger partial charge in [-0.2, -0.15) is 0 Å². The molecule has 1 nitrogen and oxygen atoms in total. The molecule has 1 aromatic carbocycles. The molecule has 0 spiro atoms. The Balaban J connectivity index is 0.000000980. The van der Waals surface area contributed by atoms with Crippen molar-refractivity contribution in [3.63, 3.8) is 0 Å². The highest BCUT2D eigenvalue weighted by Crippen LogP contribution is 2.18. The predicted molar refractivity (Wildman–Crippen MR) is 71.6 cm³/mol. The van der Waals surface area contributed by atoms with E-state index in [4.69, 9.17) is 0 Å². The number of halogens is 1. The summed E-state index contributed by atoms with van der Waals surface area (Å²) in [5.41, 5.74) is 2.62. The first-order chi connectivity index (χ1) is 6.36. The number of nitrogens with zero attached hydrogens (tertiary/aromatic N) is 1. The first kappa shape index (κ1) is 11.3. The molecule has 0 N–H and O–H groups in total. The van der Waals surface area contributed by atoms with E-state index in [0.29, 0.717) is 0 Å². The SMILES string of the molecule is CN1C=CC(c2ccccc2)=CC1.I. The van der Waals surface area contributed by atoms with Crippen molar-refractivity contribution in [3.8, 4) is 0 Å². The van der Waals surface area contributed by atoms with Crippen LogP contribution < -0.4 is 0 Å². The summed E-state index contributed by atoms with van der Waals surface area (Å²) in [4.78, 5) is 2.16. The van der Waals surface area contributed by atoms with Crippen molar-refractivity contribution in [1.82, 2.24) is 4.90 Å². The maximum Gasteiger partial charge on any atom is 0.0359 e. The Morgan fingerprint density at radius 3 is 2.43 bits per heavy atom. The van der Waals surface area contributed by atoms with E-state index in [1.54, 1.807) is 0 Å². The molecule has 0 unspecified atom stereocenters. The van der Waals surface area contributed by atoms with E-state index in [1.165, 1.54) is 11.1 Å². The molecule has 0 amide bonds. The van der Waals surface area contributed by atoms with Gasteiger partial charge in [-0.3, -0.25) is 0 Å². The zero-order valence-corrected chi connectivity index (χ0v) is 10.5. The predicted octanol–water partition coefficient (Wildman–Crippen LogP) is 3.15. The van der Waals surface area contributed by atoms with Gasteiger partial charge >= 0.3 is 0 Å². The van der Waals surface area contributed by atoms with E-state index in [2.05, 4.69) is 54.6 Å². The zero-order chi connectivity index (χ0) is 9.10. The van der Waals surface area contributed by atoms with E-state index in [-0.39, 0.29) is 24.0 Å². The fourth-order valence-electron chi connectivity index (χ4n) is 1.42. The van der Waals surface area contributed by atoms with Gasteiger partial charge in [0.25, 0.3) is 0 Å². The highest BCUT2D eigenvalue weighted by molar-refractivity contribution is 14.0. The molecule has 0 aliphatic carbocycles. The van der Waals surface area contributed by atoms with Gasteiger partial charge in [0.15, 0.2) is 0 Å². The van der Waals surface area contributed by atoms with E-state index in [1.807, 2.05) is 6.07 Å². The minimum atomic E-state index is 0. The molecule has 1 aliphatic heterocycles. The van der Waals surface area contributed by atoms with Crippen LogP contribution in [-0.4, -0.2) is 18.5 Å². The van der Waals surface area contributed by atoms with Gasteiger partial charge in [-0.25, -0.2) is 0 Å². The second-order valence-electron chi connectivity index (χ2n) is 3.28. The normalized spacial score (nSPS) is 14.6. The number of allylic oxidation sites excluding steroid dienone is 2. The lowest BCUT2D eigenvalue weighted by Crippen LogP contribution is -2.13. The summed E-state index contributed by atoms with van der Waals surface area (Å²) in [5.74, 6) is 0. The molecule has 0 fully saturated rings. The lowest BCUT2D eigenvalue weighted by molar-refractivity contribution is 0.506. The van der Waals surface area contributed by atoms with Crippen molar-refractivity contribution < 1.29 is 0 Å². The molecule has 1 heterocycles. The van der Waals surface area contributed by atoms with Crippen LogP contribution in [0.4, 0.5) is 0 Å². The number of likely N-dealkylation sites (N-methyl/N-ethyl adjacent to an activating group) is 1. The van der Waals surface area contributed by atoms with Crippen molar-refractivity contribution in [2.24, 2.45) is 0 Å². The number of benzene rings is 1. The van der Waals surface area contributed by atoms with Crippen LogP contribution in [0.2, 0.25) is 0 Å². The van der Waals surface area contributed by atoms with Gasteiger partial charge in [0.2, 0.25) is 0 Å². The standard InChI is InChI=1S/C12H13N.HI/c1-13-9-7-12(8-10-13)11-5-3-2-4-6-11;/h2-9H,10H2,1H3;1H. The van der Waals surface area contributed by atoms with E-state index in [9.17, 15) is 0 Å². The topological polar surface area (TPSA) is 3.24 Å². The lowest BCUT2D eigenvalue weighted by Gasteiger charge is -2.17. The first-order valence-electron chi connectivity index (χ1n) is 4.50. The average molecular weight is 299 g/mol. The minimum Gasteiger partial charge on any atom is -0.377 e. The number of rotatable bonds is 1. The second kappa shape index (κ2) is 5.20. The Morgan fingerprint density at radius 2 is 1.86 bits per heavy atom. The Bertz CT molecular complexity index is 341. The van der Waals surface area contributed by atoms with Gasteiger partial charge in [-0.1, -0.05) is 36.4 Å². The van der Waals surface area contributed by atoms with Crippen molar-refractivity contribution in [1.29, 1.82) is 0 Å². The molecule has 0 saturated heterocycles. The average Bonchev–Trinajstić information content (AvgIpc) is 2.20. The summed E-state index contributed by atoms with van der Waals surface area (Å²) in [6, 6.07) is 10.5. The smallest absolute Gasteiger partial charge is 0.0359 e. The third kappa shape index (κ3) is 2.61. The Kier molecular flexibility index (Phi) is 4.20. The Morgan fingerprint density at radius 1 is 1.14 bits per heavy atom.